The molecule has 0 saturated heterocycles. The Hall–Kier alpha value is -3.67. The van der Waals surface area contributed by atoms with E-state index in [0.29, 0.717) is 6.42 Å². The van der Waals surface area contributed by atoms with E-state index in [0.717, 1.165) is 28.4 Å². The summed E-state index contributed by atoms with van der Waals surface area (Å²) in [6, 6.07) is 3.63. The number of carbonyl (C=O) groups is 3. The first-order valence-corrected chi connectivity index (χ1v) is 15.0. The summed E-state index contributed by atoms with van der Waals surface area (Å²) in [6.45, 7) is 21.7. The van der Waals surface area contributed by atoms with Crippen molar-refractivity contribution in [1.82, 2.24) is 0 Å². The molecule has 4 atom stereocenters. The molecule has 0 aromatic heterocycles. The first kappa shape index (κ1) is 33.8. The molecule has 2 fully saturated rings. The topological polar surface area (TPSA) is 112 Å². The van der Waals surface area contributed by atoms with Crippen LogP contribution in [0.25, 0.3) is 5.76 Å². The van der Waals surface area contributed by atoms with Gasteiger partial charge in [-0.3, -0.25) is 14.4 Å². The number of aromatic hydroxyl groups is 2. The lowest BCUT2D eigenvalue weighted by Gasteiger charge is -2.60. The summed E-state index contributed by atoms with van der Waals surface area (Å²) in [5.41, 5.74) is -0.638. The van der Waals surface area contributed by atoms with Gasteiger partial charge >= 0.3 is 0 Å². The quantitative estimate of drug-likeness (QED) is 0.0667. The molecule has 2 bridgehead atoms. The van der Waals surface area contributed by atoms with Crippen molar-refractivity contribution in [1.29, 1.82) is 0 Å². The first-order valence-electron chi connectivity index (χ1n) is 15.0. The number of benzene rings is 1. The SMILES string of the molecule is C=C(C)[C@@H](C=C(C)C)C[C@]12C[C@H](CC=C(C)C)C(C)(C)[C@](CC=C(C)C)(C(=O)/C(=C(/O)c3ccc(O)c(O)c3)C1=O)C2=O. The van der Waals surface area contributed by atoms with Gasteiger partial charge < -0.3 is 15.3 Å². The molecule has 0 aliphatic heterocycles. The van der Waals surface area contributed by atoms with Crippen molar-refractivity contribution in [3.05, 3.63) is 76.4 Å². The van der Waals surface area contributed by atoms with Gasteiger partial charge in [-0.2, -0.15) is 0 Å². The molecule has 0 unspecified atom stereocenters. The summed E-state index contributed by atoms with van der Waals surface area (Å²) >= 11 is 0. The summed E-state index contributed by atoms with van der Waals surface area (Å²) in [5, 5.41) is 31.7. The number of Topliss-reactive ketones (excluding diaryl/α,β-unsaturated/α-hetero) is 3. The summed E-state index contributed by atoms with van der Waals surface area (Å²) in [7, 11) is 0. The van der Waals surface area contributed by atoms with Crippen molar-refractivity contribution in [3.8, 4) is 11.5 Å². The molecule has 2 saturated carbocycles. The molecule has 6 heteroatoms. The zero-order chi connectivity index (χ0) is 32.7. The summed E-state index contributed by atoms with van der Waals surface area (Å²) in [5.74, 6) is -3.76. The molecule has 0 spiro atoms. The van der Waals surface area contributed by atoms with Gasteiger partial charge in [0.2, 0.25) is 0 Å². The van der Waals surface area contributed by atoms with Gasteiger partial charge in [0, 0.05) is 5.56 Å². The average Bonchev–Trinajstić information content (AvgIpc) is 2.89. The van der Waals surface area contributed by atoms with Crippen LogP contribution in [0.4, 0.5) is 0 Å². The Morgan fingerprint density at radius 1 is 0.930 bits per heavy atom. The lowest BCUT2D eigenvalue weighted by Crippen LogP contribution is -2.69. The van der Waals surface area contributed by atoms with E-state index in [1.54, 1.807) is 0 Å². The van der Waals surface area contributed by atoms with Gasteiger partial charge in [-0.15, -0.1) is 0 Å². The number of carbonyl (C=O) groups excluding carboxylic acids is 3. The number of hydrogen-bond donors (Lipinski definition) is 3. The van der Waals surface area contributed by atoms with Crippen molar-refractivity contribution >= 4 is 23.1 Å². The average molecular weight is 589 g/mol. The van der Waals surface area contributed by atoms with Crippen LogP contribution in [0.1, 0.15) is 93.6 Å². The van der Waals surface area contributed by atoms with Gasteiger partial charge in [0.05, 0.1) is 5.41 Å². The van der Waals surface area contributed by atoms with Gasteiger partial charge in [-0.25, -0.2) is 0 Å². The van der Waals surface area contributed by atoms with E-state index in [-0.39, 0.29) is 42.4 Å². The fraction of sp³-hybridized carbons (Fsp3) is 0.486. The highest BCUT2D eigenvalue weighted by molar-refractivity contribution is 6.41. The predicted molar refractivity (Wildman–Crippen MR) is 172 cm³/mol. The molecule has 2 aliphatic carbocycles. The number of ketones is 3. The molecule has 1 aromatic carbocycles. The van der Waals surface area contributed by atoms with Crippen LogP contribution in [-0.2, 0) is 14.4 Å². The molecule has 232 valence electrons. The van der Waals surface area contributed by atoms with Crippen molar-refractivity contribution in [2.24, 2.45) is 28.1 Å². The Balaban J connectivity index is 2.50. The largest absolute Gasteiger partial charge is 0.506 e. The van der Waals surface area contributed by atoms with Crippen LogP contribution in [0.3, 0.4) is 0 Å². The Bertz CT molecular complexity index is 1470. The first-order chi connectivity index (χ1) is 19.8. The predicted octanol–water partition coefficient (Wildman–Crippen LogP) is 8.37. The van der Waals surface area contributed by atoms with E-state index in [1.807, 2.05) is 74.5 Å². The minimum absolute atomic E-state index is 0.00610. The highest BCUT2D eigenvalue weighted by Crippen LogP contribution is 2.66. The van der Waals surface area contributed by atoms with Crippen molar-refractivity contribution < 1.29 is 29.7 Å². The molecule has 0 heterocycles. The number of rotatable bonds is 9. The molecule has 3 rings (SSSR count). The highest BCUT2D eigenvalue weighted by Gasteiger charge is 2.74. The van der Waals surface area contributed by atoms with Crippen molar-refractivity contribution in [2.75, 3.05) is 0 Å². The molecule has 2 aliphatic rings. The number of allylic oxidation sites excluding steroid dienone is 8. The maximum atomic E-state index is 15.1. The van der Waals surface area contributed by atoms with Crippen LogP contribution in [0.5, 0.6) is 11.5 Å². The van der Waals surface area contributed by atoms with E-state index < -0.39 is 50.6 Å². The lowest BCUT2D eigenvalue weighted by atomic mass is 9.38. The van der Waals surface area contributed by atoms with Gasteiger partial charge in [0.1, 0.15) is 16.7 Å². The summed E-state index contributed by atoms with van der Waals surface area (Å²) in [4.78, 5) is 44.8. The van der Waals surface area contributed by atoms with Gasteiger partial charge in [0.25, 0.3) is 0 Å². The number of phenols is 2. The van der Waals surface area contributed by atoms with Gasteiger partial charge in [0.15, 0.2) is 28.8 Å². The van der Waals surface area contributed by atoms with Crippen LogP contribution >= 0.6 is 0 Å². The zero-order valence-electron chi connectivity index (χ0n) is 27.2. The maximum absolute atomic E-state index is 15.1. The third-order valence-electron chi connectivity index (χ3n) is 9.66. The molecule has 0 radical (unpaired) electrons. The number of hydrogen-bond acceptors (Lipinski definition) is 6. The number of phenolic OH excluding ortho intramolecular Hbond substituents is 2. The van der Waals surface area contributed by atoms with Gasteiger partial charge in [-0.05, 0) is 110 Å². The van der Waals surface area contributed by atoms with Crippen LogP contribution in [0.2, 0.25) is 0 Å². The number of aliphatic hydroxyl groups excluding tert-OH is 1. The fourth-order valence-corrected chi connectivity index (χ4v) is 6.98. The minimum Gasteiger partial charge on any atom is -0.506 e. The van der Waals surface area contributed by atoms with Crippen molar-refractivity contribution in [2.45, 2.75) is 88.0 Å². The van der Waals surface area contributed by atoms with E-state index in [4.69, 9.17) is 0 Å². The highest BCUT2D eigenvalue weighted by atomic mass is 16.3. The molecular formula is C37H48O6. The Labute approximate surface area is 256 Å². The Kier molecular flexibility index (Phi) is 9.55. The molecule has 0 amide bonds. The number of fused-ring (bicyclic) bond motifs is 2. The summed E-state index contributed by atoms with van der Waals surface area (Å²) < 4.78 is 0. The van der Waals surface area contributed by atoms with E-state index in [9.17, 15) is 24.9 Å². The maximum Gasteiger partial charge on any atom is 0.184 e. The second kappa shape index (κ2) is 12.1. The second-order valence-electron chi connectivity index (χ2n) is 13.9. The molecule has 6 nitrogen and oxygen atoms in total. The van der Waals surface area contributed by atoms with Gasteiger partial charge in [-0.1, -0.05) is 60.9 Å². The number of aliphatic hydroxyl groups is 1. The van der Waals surface area contributed by atoms with E-state index >= 15 is 4.79 Å². The van der Waals surface area contributed by atoms with Crippen LogP contribution in [0.15, 0.2) is 70.9 Å². The third-order valence-corrected chi connectivity index (χ3v) is 9.66. The Morgan fingerprint density at radius 2 is 1.53 bits per heavy atom. The zero-order valence-corrected chi connectivity index (χ0v) is 27.2. The molecule has 3 N–H and O–H groups in total. The van der Waals surface area contributed by atoms with Crippen LogP contribution in [-0.4, -0.2) is 32.7 Å². The normalized spacial score (nSPS) is 26.3. The lowest BCUT2D eigenvalue weighted by molar-refractivity contribution is -0.177. The second-order valence-corrected chi connectivity index (χ2v) is 13.9. The molecule has 43 heavy (non-hydrogen) atoms. The summed E-state index contributed by atoms with van der Waals surface area (Å²) in [6.07, 6.45) is 7.05. The third kappa shape index (κ3) is 5.81. The van der Waals surface area contributed by atoms with Crippen molar-refractivity contribution in [3.63, 3.8) is 0 Å². The smallest absolute Gasteiger partial charge is 0.184 e. The Morgan fingerprint density at radius 3 is 2.05 bits per heavy atom. The van der Waals surface area contributed by atoms with E-state index in [2.05, 4.69) is 12.7 Å². The molecular weight excluding hydrogens is 540 g/mol. The van der Waals surface area contributed by atoms with Crippen LogP contribution in [0, 0.1) is 28.1 Å². The minimum atomic E-state index is -1.62. The molecule has 1 aromatic rings. The standard InChI is InChI=1S/C37H48O6/c1-21(2)11-13-27-20-36(19-26(24(7)8)17-23(5)6)32(41)30(31(40)25-12-14-28(38)29(39)18-25)33(42)37(34(36)43,35(27,9)10)16-15-22(3)4/h11-12,14-15,17-18,26-27,38-40H,7,13,16,19-20H2,1-6,8-10H3/b31-30+/t26-,27-,36-,37+/m0/s1. The van der Waals surface area contributed by atoms with E-state index in [1.165, 1.54) is 12.1 Å². The fourth-order valence-electron chi connectivity index (χ4n) is 6.98. The van der Waals surface area contributed by atoms with Crippen LogP contribution < -0.4 is 0 Å². The monoisotopic (exact) mass is 588 g/mol.